The van der Waals surface area contributed by atoms with Gasteiger partial charge in [0.2, 0.25) is 5.95 Å². The molecule has 0 spiro atoms. The third-order valence-corrected chi connectivity index (χ3v) is 3.74. The number of anilines is 2. The van der Waals surface area contributed by atoms with Gasteiger partial charge in [-0.1, -0.05) is 41.9 Å². The lowest BCUT2D eigenvalue weighted by Gasteiger charge is -2.13. The highest BCUT2D eigenvalue weighted by atomic mass is 35.5. The molecule has 0 amide bonds. The quantitative estimate of drug-likeness (QED) is 0.625. The van der Waals surface area contributed by atoms with Crippen LogP contribution >= 0.6 is 11.6 Å². The van der Waals surface area contributed by atoms with Crippen LogP contribution in [0.1, 0.15) is 28.8 Å². The van der Waals surface area contributed by atoms with Crippen LogP contribution in [0.25, 0.3) is 0 Å². The van der Waals surface area contributed by atoms with Crippen molar-refractivity contribution in [1.82, 2.24) is 9.97 Å². The largest absolute Gasteiger partial charge is 0.465 e. The molecule has 0 bridgehead atoms. The van der Waals surface area contributed by atoms with Crippen LogP contribution < -0.4 is 10.6 Å². The summed E-state index contributed by atoms with van der Waals surface area (Å²) in [6.07, 6.45) is 2.18. The van der Waals surface area contributed by atoms with Crippen LogP contribution in [0.2, 0.25) is 5.15 Å². The number of aromatic nitrogens is 2. The molecule has 1 aromatic carbocycles. The number of nitrogens with one attached hydrogen (secondary N) is 2. The molecule has 1 heterocycles. The third-order valence-electron chi connectivity index (χ3n) is 3.47. The van der Waals surface area contributed by atoms with E-state index in [2.05, 4.69) is 20.6 Å². The second kappa shape index (κ2) is 6.83. The van der Waals surface area contributed by atoms with Gasteiger partial charge >= 0.3 is 5.97 Å². The summed E-state index contributed by atoms with van der Waals surface area (Å²) in [5, 5.41) is 6.40. The highest BCUT2D eigenvalue weighted by molar-refractivity contribution is 6.33. The molecule has 3 rings (SSSR count). The highest BCUT2D eigenvalue weighted by Crippen LogP contribution is 2.28. The van der Waals surface area contributed by atoms with Crippen LogP contribution in [0.15, 0.2) is 30.3 Å². The lowest BCUT2D eigenvalue weighted by molar-refractivity contribution is 0.0601. The number of ether oxygens (including phenoxy) is 1. The Labute approximate surface area is 139 Å². The zero-order valence-corrected chi connectivity index (χ0v) is 13.4. The van der Waals surface area contributed by atoms with Crippen molar-refractivity contribution in [2.24, 2.45) is 0 Å². The summed E-state index contributed by atoms with van der Waals surface area (Å²) >= 11 is 6.16. The van der Waals surface area contributed by atoms with Crippen LogP contribution in [0.4, 0.5) is 11.8 Å². The number of carbonyl (C=O) groups excluding carboxylic acids is 1. The van der Waals surface area contributed by atoms with E-state index in [-0.39, 0.29) is 10.7 Å². The molecular formula is C16H17ClN4O2. The maximum absolute atomic E-state index is 12.0. The van der Waals surface area contributed by atoms with Gasteiger partial charge in [-0.05, 0) is 18.4 Å². The molecule has 0 saturated heterocycles. The minimum atomic E-state index is -0.566. The van der Waals surface area contributed by atoms with Gasteiger partial charge in [-0.3, -0.25) is 0 Å². The summed E-state index contributed by atoms with van der Waals surface area (Å²) in [5.74, 6) is 0.216. The van der Waals surface area contributed by atoms with Crippen LogP contribution in [-0.2, 0) is 11.3 Å². The summed E-state index contributed by atoms with van der Waals surface area (Å²) in [6, 6.07) is 10.2. The zero-order valence-electron chi connectivity index (χ0n) is 12.7. The number of nitrogens with zero attached hydrogens (tertiary/aromatic N) is 2. The topological polar surface area (TPSA) is 76.1 Å². The molecule has 0 aliphatic heterocycles. The van der Waals surface area contributed by atoms with Gasteiger partial charge in [0.25, 0.3) is 0 Å². The van der Waals surface area contributed by atoms with Crippen molar-refractivity contribution in [1.29, 1.82) is 0 Å². The fourth-order valence-electron chi connectivity index (χ4n) is 2.10. The Hall–Kier alpha value is -2.34. The number of hydrogen-bond acceptors (Lipinski definition) is 6. The monoisotopic (exact) mass is 332 g/mol. The van der Waals surface area contributed by atoms with Gasteiger partial charge in [-0.25, -0.2) is 9.78 Å². The molecule has 7 heteroatoms. The smallest absolute Gasteiger partial charge is 0.344 e. The summed E-state index contributed by atoms with van der Waals surface area (Å²) in [4.78, 5) is 20.5. The Morgan fingerprint density at radius 1 is 1.30 bits per heavy atom. The molecule has 120 valence electrons. The minimum Gasteiger partial charge on any atom is -0.465 e. The van der Waals surface area contributed by atoms with Crippen LogP contribution in [-0.4, -0.2) is 29.1 Å². The Kier molecular flexibility index (Phi) is 4.62. The predicted octanol–water partition coefficient (Wildman–Crippen LogP) is 3.10. The number of rotatable bonds is 6. The normalized spacial score (nSPS) is 13.5. The van der Waals surface area contributed by atoms with Crippen molar-refractivity contribution in [3.05, 3.63) is 46.6 Å². The number of esters is 1. The van der Waals surface area contributed by atoms with Crippen molar-refractivity contribution in [2.75, 3.05) is 17.7 Å². The van der Waals surface area contributed by atoms with Gasteiger partial charge in [0.05, 0.1) is 7.11 Å². The minimum absolute atomic E-state index is 0.0746. The molecule has 6 nitrogen and oxygen atoms in total. The predicted molar refractivity (Wildman–Crippen MR) is 88.8 cm³/mol. The molecule has 0 atom stereocenters. The van der Waals surface area contributed by atoms with Gasteiger partial charge in [0.15, 0.2) is 5.15 Å². The van der Waals surface area contributed by atoms with Gasteiger partial charge < -0.3 is 15.4 Å². The number of methoxy groups -OCH3 is 1. The lowest BCUT2D eigenvalue weighted by Crippen LogP contribution is -2.15. The zero-order chi connectivity index (χ0) is 16.2. The Morgan fingerprint density at radius 3 is 2.70 bits per heavy atom. The lowest BCUT2D eigenvalue weighted by atomic mass is 10.2. The molecule has 23 heavy (non-hydrogen) atoms. The summed E-state index contributed by atoms with van der Waals surface area (Å²) in [6.45, 7) is 0.515. The molecule has 1 fully saturated rings. The van der Waals surface area contributed by atoms with E-state index < -0.39 is 5.97 Å². The first-order valence-corrected chi connectivity index (χ1v) is 7.75. The second-order valence-electron chi connectivity index (χ2n) is 5.31. The number of carbonyl (C=O) groups is 1. The average molecular weight is 333 g/mol. The standard InChI is InChI=1S/C16H17ClN4O2/c1-23-15(22)12-13(17)20-16(19-11-7-8-11)21-14(12)18-9-10-5-3-2-4-6-10/h2-6,11H,7-9H2,1H3,(H2,18,19,20,21). The third kappa shape index (κ3) is 3.90. The molecule has 1 aromatic heterocycles. The Morgan fingerprint density at radius 2 is 2.04 bits per heavy atom. The van der Waals surface area contributed by atoms with E-state index in [1.807, 2.05) is 30.3 Å². The molecule has 0 radical (unpaired) electrons. The van der Waals surface area contributed by atoms with E-state index in [0.717, 1.165) is 18.4 Å². The van der Waals surface area contributed by atoms with Gasteiger partial charge in [0, 0.05) is 12.6 Å². The molecular weight excluding hydrogens is 316 g/mol. The van der Waals surface area contributed by atoms with Gasteiger partial charge in [0.1, 0.15) is 11.4 Å². The number of benzene rings is 1. The van der Waals surface area contributed by atoms with E-state index in [9.17, 15) is 4.79 Å². The average Bonchev–Trinajstić information content (AvgIpc) is 3.37. The fraction of sp³-hybridized carbons (Fsp3) is 0.312. The summed E-state index contributed by atoms with van der Waals surface area (Å²) < 4.78 is 4.78. The SMILES string of the molecule is COC(=O)c1c(Cl)nc(NC2CC2)nc1NCc1ccccc1. The van der Waals surface area contributed by atoms with Crippen molar-refractivity contribution < 1.29 is 9.53 Å². The molecule has 1 saturated carbocycles. The van der Waals surface area contributed by atoms with Gasteiger partial charge in [-0.2, -0.15) is 4.98 Å². The van der Waals surface area contributed by atoms with E-state index in [1.165, 1.54) is 7.11 Å². The molecule has 0 unspecified atom stereocenters. The molecule has 1 aliphatic carbocycles. The first-order valence-electron chi connectivity index (χ1n) is 7.37. The summed E-state index contributed by atoms with van der Waals surface area (Å²) in [5.41, 5.74) is 1.21. The highest BCUT2D eigenvalue weighted by Gasteiger charge is 2.25. The molecule has 2 aromatic rings. The Bertz CT molecular complexity index is 705. The van der Waals surface area contributed by atoms with Crippen molar-refractivity contribution in [3.8, 4) is 0 Å². The van der Waals surface area contributed by atoms with Crippen LogP contribution in [0.3, 0.4) is 0 Å². The number of halogens is 1. The number of hydrogen-bond donors (Lipinski definition) is 2. The first-order chi connectivity index (χ1) is 11.2. The van der Waals surface area contributed by atoms with Crippen molar-refractivity contribution in [3.63, 3.8) is 0 Å². The van der Waals surface area contributed by atoms with Crippen molar-refractivity contribution in [2.45, 2.75) is 25.4 Å². The fourth-order valence-corrected chi connectivity index (χ4v) is 2.35. The van der Waals surface area contributed by atoms with E-state index in [0.29, 0.717) is 24.4 Å². The summed E-state index contributed by atoms with van der Waals surface area (Å²) in [7, 11) is 1.30. The maximum atomic E-state index is 12.0. The molecule has 2 N–H and O–H groups in total. The Balaban J connectivity index is 1.86. The van der Waals surface area contributed by atoms with E-state index in [4.69, 9.17) is 16.3 Å². The van der Waals surface area contributed by atoms with Crippen LogP contribution in [0, 0.1) is 0 Å². The van der Waals surface area contributed by atoms with Gasteiger partial charge in [-0.15, -0.1) is 0 Å². The van der Waals surface area contributed by atoms with E-state index >= 15 is 0 Å². The maximum Gasteiger partial charge on any atom is 0.344 e. The van der Waals surface area contributed by atoms with Crippen LogP contribution in [0.5, 0.6) is 0 Å². The molecule has 1 aliphatic rings. The van der Waals surface area contributed by atoms with Crippen molar-refractivity contribution >= 4 is 29.3 Å². The first kappa shape index (κ1) is 15.6. The van der Waals surface area contributed by atoms with E-state index in [1.54, 1.807) is 0 Å². The second-order valence-corrected chi connectivity index (χ2v) is 5.67.